The lowest BCUT2D eigenvalue weighted by molar-refractivity contribution is 0.0830. The highest BCUT2D eigenvalue weighted by Gasteiger charge is 2.35. The summed E-state index contributed by atoms with van der Waals surface area (Å²) in [5, 5.41) is 9.98. The minimum atomic E-state index is -3.11. The van der Waals surface area contributed by atoms with Gasteiger partial charge in [0.25, 0.3) is 0 Å². The van der Waals surface area contributed by atoms with Crippen LogP contribution < -0.4 is 0 Å². The van der Waals surface area contributed by atoms with Crippen molar-refractivity contribution in [3.05, 3.63) is 0 Å². The summed E-state index contributed by atoms with van der Waals surface area (Å²) in [6.07, 6.45) is 1.25. The van der Waals surface area contributed by atoms with E-state index in [0.717, 1.165) is 12.8 Å². The minimum Gasteiger partial charge on any atom is -0.391 e. The van der Waals surface area contributed by atoms with E-state index < -0.39 is 16.1 Å². The maximum atomic E-state index is 11.7. The Morgan fingerprint density at radius 3 is 2.31 bits per heavy atom. The topological polar surface area (TPSA) is 57.6 Å². The van der Waals surface area contributed by atoms with E-state index in [1.54, 1.807) is 0 Å². The molecule has 0 saturated carbocycles. The Labute approximate surface area is 98.7 Å². The average Bonchev–Trinajstić information content (AvgIpc) is 2.41. The van der Waals surface area contributed by atoms with Crippen molar-refractivity contribution in [2.75, 3.05) is 18.8 Å². The van der Waals surface area contributed by atoms with Crippen LogP contribution in [0, 0.1) is 11.8 Å². The monoisotopic (exact) mass is 249 g/mol. The molecule has 0 spiro atoms. The van der Waals surface area contributed by atoms with Crippen LogP contribution in [0.25, 0.3) is 0 Å². The average molecular weight is 249 g/mol. The second-order valence-electron chi connectivity index (χ2n) is 4.84. The fraction of sp³-hybridized carbons (Fsp3) is 1.00. The number of β-amino-alcohol motifs (C(OH)–C–C–N with tert-alkyl or cyclic N) is 1. The van der Waals surface area contributed by atoms with Gasteiger partial charge in [-0.25, -0.2) is 8.42 Å². The highest BCUT2D eigenvalue weighted by atomic mass is 32.2. The Morgan fingerprint density at radius 2 is 1.94 bits per heavy atom. The summed E-state index contributed by atoms with van der Waals surface area (Å²) in [4.78, 5) is 0. The van der Waals surface area contributed by atoms with E-state index in [0.29, 0.717) is 6.54 Å². The molecule has 1 rings (SSSR count). The molecule has 1 aliphatic heterocycles. The minimum absolute atomic E-state index is 0.180. The maximum absolute atomic E-state index is 11.7. The maximum Gasteiger partial charge on any atom is 0.214 e. The van der Waals surface area contributed by atoms with Crippen LogP contribution in [-0.4, -0.2) is 42.8 Å². The molecule has 1 aliphatic rings. The molecule has 0 aromatic carbocycles. The van der Waals surface area contributed by atoms with Crippen molar-refractivity contribution in [2.24, 2.45) is 11.8 Å². The fourth-order valence-corrected chi connectivity index (χ4v) is 4.25. The van der Waals surface area contributed by atoms with Gasteiger partial charge in [0.15, 0.2) is 0 Å². The number of hydrogen-bond donors (Lipinski definition) is 1. The van der Waals surface area contributed by atoms with Crippen LogP contribution in [0.2, 0.25) is 0 Å². The highest BCUT2D eigenvalue weighted by Crippen LogP contribution is 2.22. The molecular weight excluding hydrogens is 226 g/mol. The van der Waals surface area contributed by atoms with E-state index in [-0.39, 0.29) is 24.1 Å². The van der Waals surface area contributed by atoms with Crippen molar-refractivity contribution < 1.29 is 13.5 Å². The molecular formula is C11H23NO3S. The SMILES string of the molecule is CCC(CC)C(O)CN1CC(C)CS1(=O)=O. The Morgan fingerprint density at radius 1 is 1.38 bits per heavy atom. The van der Waals surface area contributed by atoms with E-state index in [9.17, 15) is 13.5 Å². The Bertz CT molecular complexity index is 311. The summed E-state index contributed by atoms with van der Waals surface area (Å²) < 4.78 is 24.9. The Hall–Kier alpha value is -0.130. The van der Waals surface area contributed by atoms with Crippen LogP contribution >= 0.6 is 0 Å². The molecule has 1 fully saturated rings. The molecule has 4 nitrogen and oxygen atoms in total. The first-order valence-corrected chi connectivity index (χ1v) is 7.67. The molecule has 1 heterocycles. The molecule has 0 amide bonds. The molecule has 0 aliphatic carbocycles. The van der Waals surface area contributed by atoms with Gasteiger partial charge in [-0.1, -0.05) is 33.6 Å². The number of sulfonamides is 1. The number of rotatable bonds is 5. The highest BCUT2D eigenvalue weighted by molar-refractivity contribution is 7.89. The molecule has 2 unspecified atom stereocenters. The first-order valence-electron chi connectivity index (χ1n) is 6.06. The summed E-state index contributed by atoms with van der Waals surface area (Å²) in [6, 6.07) is 0. The lowest BCUT2D eigenvalue weighted by Gasteiger charge is -2.24. The Kier molecular flexibility index (Phi) is 4.76. The Balaban J connectivity index is 2.60. The van der Waals surface area contributed by atoms with Gasteiger partial charge in [0.1, 0.15) is 0 Å². The second-order valence-corrected chi connectivity index (χ2v) is 6.86. The van der Waals surface area contributed by atoms with E-state index in [4.69, 9.17) is 0 Å². The normalized spacial score (nSPS) is 27.4. The first-order chi connectivity index (χ1) is 7.40. The van der Waals surface area contributed by atoms with Crippen LogP contribution in [0.5, 0.6) is 0 Å². The zero-order valence-corrected chi connectivity index (χ0v) is 11.2. The molecule has 16 heavy (non-hydrogen) atoms. The lowest BCUT2D eigenvalue weighted by Crippen LogP contribution is -2.37. The van der Waals surface area contributed by atoms with Gasteiger partial charge in [0, 0.05) is 13.1 Å². The van der Waals surface area contributed by atoms with E-state index in [1.807, 2.05) is 20.8 Å². The fourth-order valence-electron chi connectivity index (χ4n) is 2.36. The molecule has 2 atom stereocenters. The number of hydrogen-bond acceptors (Lipinski definition) is 3. The molecule has 0 aromatic rings. The van der Waals surface area contributed by atoms with E-state index in [1.165, 1.54) is 4.31 Å². The molecule has 1 saturated heterocycles. The third-order valence-corrected chi connectivity index (χ3v) is 5.46. The second kappa shape index (κ2) is 5.47. The molecule has 96 valence electrons. The lowest BCUT2D eigenvalue weighted by atomic mass is 9.96. The van der Waals surface area contributed by atoms with Gasteiger partial charge in [-0.2, -0.15) is 4.31 Å². The van der Waals surface area contributed by atoms with Crippen molar-refractivity contribution in [3.8, 4) is 0 Å². The van der Waals surface area contributed by atoms with Crippen LogP contribution in [-0.2, 0) is 10.0 Å². The zero-order chi connectivity index (χ0) is 12.3. The first kappa shape index (κ1) is 13.9. The van der Waals surface area contributed by atoms with Crippen molar-refractivity contribution in [1.29, 1.82) is 0 Å². The number of nitrogens with zero attached hydrogens (tertiary/aromatic N) is 1. The molecule has 0 bridgehead atoms. The number of aliphatic hydroxyl groups excluding tert-OH is 1. The van der Waals surface area contributed by atoms with Gasteiger partial charge in [-0.15, -0.1) is 0 Å². The van der Waals surface area contributed by atoms with Crippen molar-refractivity contribution in [2.45, 2.75) is 39.7 Å². The van der Waals surface area contributed by atoms with Gasteiger partial charge < -0.3 is 5.11 Å². The van der Waals surface area contributed by atoms with Crippen molar-refractivity contribution in [1.82, 2.24) is 4.31 Å². The van der Waals surface area contributed by atoms with Crippen LogP contribution in [0.4, 0.5) is 0 Å². The summed E-state index contributed by atoms with van der Waals surface area (Å²) >= 11 is 0. The van der Waals surface area contributed by atoms with Crippen LogP contribution in [0.1, 0.15) is 33.6 Å². The molecule has 5 heteroatoms. The van der Waals surface area contributed by atoms with Crippen LogP contribution in [0.3, 0.4) is 0 Å². The summed E-state index contributed by atoms with van der Waals surface area (Å²) in [7, 11) is -3.11. The largest absolute Gasteiger partial charge is 0.391 e. The predicted molar refractivity (Wildman–Crippen MR) is 64.6 cm³/mol. The zero-order valence-electron chi connectivity index (χ0n) is 10.4. The quantitative estimate of drug-likeness (QED) is 0.793. The van der Waals surface area contributed by atoms with E-state index in [2.05, 4.69) is 0 Å². The van der Waals surface area contributed by atoms with E-state index >= 15 is 0 Å². The molecule has 1 N–H and O–H groups in total. The van der Waals surface area contributed by atoms with Gasteiger partial charge in [-0.3, -0.25) is 0 Å². The van der Waals surface area contributed by atoms with Crippen molar-refractivity contribution >= 4 is 10.0 Å². The van der Waals surface area contributed by atoms with Crippen molar-refractivity contribution in [3.63, 3.8) is 0 Å². The standard InChI is InChI=1S/C11H23NO3S/c1-4-10(5-2)11(13)7-12-6-9(3)8-16(12,14)15/h9-11,13H,4-8H2,1-3H3. The third-order valence-electron chi connectivity index (χ3n) is 3.39. The summed E-state index contributed by atoms with van der Waals surface area (Å²) in [5.74, 6) is 0.604. The predicted octanol–water partition coefficient (Wildman–Crippen LogP) is 1.06. The summed E-state index contributed by atoms with van der Waals surface area (Å²) in [6.45, 7) is 6.80. The molecule has 0 aromatic heterocycles. The summed E-state index contributed by atoms with van der Waals surface area (Å²) in [5.41, 5.74) is 0. The van der Waals surface area contributed by atoms with Gasteiger partial charge >= 0.3 is 0 Å². The van der Waals surface area contributed by atoms with Gasteiger partial charge in [0.2, 0.25) is 10.0 Å². The molecule has 0 radical (unpaired) electrons. The van der Waals surface area contributed by atoms with Gasteiger partial charge in [-0.05, 0) is 11.8 Å². The number of aliphatic hydroxyl groups is 1. The third kappa shape index (κ3) is 3.18. The smallest absolute Gasteiger partial charge is 0.214 e. The van der Waals surface area contributed by atoms with Crippen LogP contribution in [0.15, 0.2) is 0 Å². The van der Waals surface area contributed by atoms with Gasteiger partial charge in [0.05, 0.1) is 11.9 Å².